The first-order valence-electron chi connectivity index (χ1n) is 5.49. The maximum atomic E-state index is 11.3. The summed E-state index contributed by atoms with van der Waals surface area (Å²) in [6.07, 6.45) is 0.732. The van der Waals surface area contributed by atoms with Crippen molar-refractivity contribution in [3.8, 4) is 0 Å². The van der Waals surface area contributed by atoms with Gasteiger partial charge in [-0.3, -0.25) is 9.00 Å². The zero-order valence-corrected chi connectivity index (χ0v) is 10.7. The molecule has 0 saturated carbocycles. The van der Waals surface area contributed by atoms with E-state index in [0.29, 0.717) is 0 Å². The first-order valence-corrected chi connectivity index (χ1v) is 6.98. The van der Waals surface area contributed by atoms with Gasteiger partial charge in [0, 0.05) is 41.9 Å². The summed E-state index contributed by atoms with van der Waals surface area (Å²) in [5, 5.41) is 2.94. The summed E-state index contributed by atoms with van der Waals surface area (Å²) in [5.41, 5.74) is 0. The van der Waals surface area contributed by atoms with Gasteiger partial charge in [0.05, 0.1) is 7.11 Å². The number of esters is 1. The van der Waals surface area contributed by atoms with Gasteiger partial charge in [0.15, 0.2) is 0 Å². The average molecular weight is 248 g/mol. The number of ether oxygens (including phenoxy) is 1. The molecule has 1 aliphatic heterocycles. The highest BCUT2D eigenvalue weighted by Crippen LogP contribution is 2.03. The molecule has 16 heavy (non-hydrogen) atoms. The standard InChI is InChI=1S/C10H20N2O3S/c1-11-9(10(13)15-2)3-4-12-5-7-16(14)8-6-12/h9,11H,3-8H2,1-2H3. The predicted octanol–water partition coefficient (Wildman–Crippen LogP) is -0.798. The molecule has 0 radical (unpaired) electrons. The molecule has 1 saturated heterocycles. The van der Waals surface area contributed by atoms with Crippen molar-refractivity contribution >= 4 is 16.8 Å². The maximum Gasteiger partial charge on any atom is 0.322 e. The molecular formula is C10H20N2O3S. The molecule has 0 spiro atoms. The lowest BCUT2D eigenvalue weighted by atomic mass is 10.2. The van der Waals surface area contributed by atoms with Crippen molar-refractivity contribution in [3.63, 3.8) is 0 Å². The highest BCUT2D eigenvalue weighted by atomic mass is 32.2. The Morgan fingerprint density at radius 1 is 1.50 bits per heavy atom. The summed E-state index contributed by atoms with van der Waals surface area (Å²) in [6, 6.07) is -0.238. The fourth-order valence-corrected chi connectivity index (χ4v) is 2.86. The molecule has 1 unspecified atom stereocenters. The van der Waals surface area contributed by atoms with E-state index >= 15 is 0 Å². The molecule has 1 aliphatic rings. The molecule has 1 fully saturated rings. The lowest BCUT2D eigenvalue weighted by Gasteiger charge is -2.27. The van der Waals surface area contributed by atoms with Gasteiger partial charge in [0.1, 0.15) is 6.04 Å². The number of hydrogen-bond acceptors (Lipinski definition) is 5. The molecule has 0 amide bonds. The van der Waals surface area contributed by atoms with Gasteiger partial charge in [0.25, 0.3) is 0 Å². The Morgan fingerprint density at radius 3 is 2.62 bits per heavy atom. The Hall–Kier alpha value is -0.460. The molecule has 1 heterocycles. The molecule has 1 atom stereocenters. The van der Waals surface area contributed by atoms with E-state index in [0.717, 1.165) is 37.6 Å². The molecule has 1 rings (SSSR count). The number of hydrogen-bond donors (Lipinski definition) is 1. The van der Waals surface area contributed by atoms with Gasteiger partial charge in [-0.1, -0.05) is 0 Å². The summed E-state index contributed by atoms with van der Waals surface area (Å²) >= 11 is 0. The minimum absolute atomic E-state index is 0.219. The summed E-state index contributed by atoms with van der Waals surface area (Å²) in [7, 11) is 2.52. The first-order chi connectivity index (χ1) is 7.67. The van der Waals surface area contributed by atoms with E-state index in [1.54, 1.807) is 7.05 Å². The number of likely N-dealkylation sites (N-methyl/N-ethyl adjacent to an activating group) is 1. The van der Waals surface area contributed by atoms with Crippen molar-refractivity contribution in [1.82, 2.24) is 10.2 Å². The lowest BCUT2D eigenvalue weighted by molar-refractivity contribution is -0.143. The summed E-state index contributed by atoms with van der Waals surface area (Å²) in [4.78, 5) is 13.6. The maximum absolute atomic E-state index is 11.3. The van der Waals surface area contributed by atoms with Crippen LogP contribution in [0.1, 0.15) is 6.42 Å². The molecular weight excluding hydrogens is 228 g/mol. The second-order valence-electron chi connectivity index (χ2n) is 3.84. The first kappa shape index (κ1) is 13.6. The highest BCUT2D eigenvalue weighted by molar-refractivity contribution is 7.85. The number of nitrogens with zero attached hydrogens (tertiary/aromatic N) is 1. The Bertz CT molecular complexity index is 250. The van der Waals surface area contributed by atoms with Crippen LogP contribution in [0.4, 0.5) is 0 Å². The van der Waals surface area contributed by atoms with Crippen LogP contribution >= 0.6 is 0 Å². The van der Waals surface area contributed by atoms with Crippen molar-refractivity contribution in [2.45, 2.75) is 12.5 Å². The van der Waals surface area contributed by atoms with Crippen molar-refractivity contribution in [1.29, 1.82) is 0 Å². The Balaban J connectivity index is 2.27. The minimum atomic E-state index is -0.636. The normalized spacial score (nSPS) is 20.6. The second kappa shape index (κ2) is 6.98. The number of carbonyl (C=O) groups excluding carboxylic acids is 1. The monoisotopic (exact) mass is 248 g/mol. The largest absolute Gasteiger partial charge is 0.468 e. The van der Waals surface area contributed by atoms with E-state index in [9.17, 15) is 9.00 Å². The van der Waals surface area contributed by atoms with Crippen LogP contribution in [0.25, 0.3) is 0 Å². The van der Waals surface area contributed by atoms with E-state index in [4.69, 9.17) is 4.74 Å². The quantitative estimate of drug-likeness (QED) is 0.646. The van der Waals surface area contributed by atoms with Crippen LogP contribution < -0.4 is 5.32 Å². The fourth-order valence-electron chi connectivity index (χ4n) is 1.73. The number of carbonyl (C=O) groups is 1. The molecule has 0 aliphatic carbocycles. The van der Waals surface area contributed by atoms with Crippen LogP contribution in [0, 0.1) is 0 Å². The minimum Gasteiger partial charge on any atom is -0.468 e. The van der Waals surface area contributed by atoms with Crippen LogP contribution in [-0.4, -0.2) is 66.4 Å². The molecule has 0 bridgehead atoms. The predicted molar refractivity (Wildman–Crippen MR) is 63.8 cm³/mol. The molecule has 6 heteroatoms. The van der Waals surface area contributed by atoms with E-state index < -0.39 is 10.8 Å². The molecule has 0 aromatic carbocycles. The van der Waals surface area contributed by atoms with E-state index in [1.165, 1.54) is 7.11 Å². The average Bonchev–Trinajstić information content (AvgIpc) is 2.31. The second-order valence-corrected chi connectivity index (χ2v) is 5.54. The molecule has 0 aromatic rings. The zero-order valence-electron chi connectivity index (χ0n) is 9.90. The third-order valence-electron chi connectivity index (χ3n) is 2.84. The van der Waals surface area contributed by atoms with Gasteiger partial charge in [0.2, 0.25) is 0 Å². The van der Waals surface area contributed by atoms with Crippen molar-refractivity contribution in [2.24, 2.45) is 0 Å². The fraction of sp³-hybridized carbons (Fsp3) is 0.900. The summed E-state index contributed by atoms with van der Waals surface area (Å²) in [5.74, 6) is 1.29. The SMILES string of the molecule is CNC(CCN1CCS(=O)CC1)C(=O)OC. The number of rotatable bonds is 5. The van der Waals surface area contributed by atoms with Crippen molar-refractivity contribution < 1.29 is 13.7 Å². The van der Waals surface area contributed by atoms with Crippen LogP contribution in [0.2, 0.25) is 0 Å². The number of nitrogens with one attached hydrogen (secondary N) is 1. The van der Waals surface area contributed by atoms with Gasteiger partial charge >= 0.3 is 5.97 Å². The van der Waals surface area contributed by atoms with Crippen LogP contribution in [0.3, 0.4) is 0 Å². The molecule has 94 valence electrons. The zero-order chi connectivity index (χ0) is 12.0. The van der Waals surface area contributed by atoms with Crippen LogP contribution in [0.15, 0.2) is 0 Å². The van der Waals surface area contributed by atoms with Crippen LogP contribution in [0.5, 0.6) is 0 Å². The Morgan fingerprint density at radius 2 is 2.12 bits per heavy atom. The Labute approximate surface area is 99.0 Å². The van der Waals surface area contributed by atoms with Crippen molar-refractivity contribution in [3.05, 3.63) is 0 Å². The van der Waals surface area contributed by atoms with Gasteiger partial charge in [-0.15, -0.1) is 0 Å². The highest BCUT2D eigenvalue weighted by Gasteiger charge is 2.20. The van der Waals surface area contributed by atoms with Gasteiger partial charge < -0.3 is 15.0 Å². The summed E-state index contributed by atoms with van der Waals surface area (Å²) in [6.45, 7) is 2.58. The molecule has 1 N–H and O–H groups in total. The van der Waals surface area contributed by atoms with E-state index in [-0.39, 0.29) is 12.0 Å². The third kappa shape index (κ3) is 4.19. The third-order valence-corrected chi connectivity index (χ3v) is 4.11. The topological polar surface area (TPSA) is 58.6 Å². The number of methoxy groups -OCH3 is 1. The van der Waals surface area contributed by atoms with Crippen LogP contribution in [-0.2, 0) is 20.3 Å². The lowest BCUT2D eigenvalue weighted by Crippen LogP contribution is -2.42. The van der Waals surface area contributed by atoms with Gasteiger partial charge in [-0.05, 0) is 13.5 Å². The van der Waals surface area contributed by atoms with Gasteiger partial charge in [-0.2, -0.15) is 0 Å². The molecule has 5 nitrogen and oxygen atoms in total. The van der Waals surface area contributed by atoms with E-state index in [2.05, 4.69) is 10.2 Å². The summed E-state index contributed by atoms with van der Waals surface area (Å²) < 4.78 is 15.8. The van der Waals surface area contributed by atoms with Gasteiger partial charge in [-0.25, -0.2) is 0 Å². The van der Waals surface area contributed by atoms with Crippen molar-refractivity contribution in [2.75, 3.05) is 45.3 Å². The molecule has 0 aromatic heterocycles. The van der Waals surface area contributed by atoms with E-state index in [1.807, 2.05) is 0 Å². The smallest absolute Gasteiger partial charge is 0.322 e. The Kier molecular flexibility index (Phi) is 5.94.